The Hall–Kier alpha value is -3.38. The number of carbonyl (C=O) groups excluding carboxylic acids is 2. The van der Waals surface area contributed by atoms with Crippen molar-refractivity contribution in [1.29, 1.82) is 0 Å². The van der Waals surface area contributed by atoms with Gasteiger partial charge in [-0.15, -0.1) is 0 Å². The van der Waals surface area contributed by atoms with Crippen molar-refractivity contribution in [3.63, 3.8) is 0 Å². The molecule has 0 bridgehead atoms. The number of allylic oxidation sites excluding steroid dienone is 16. The molecule has 1 aliphatic heterocycles. The maximum absolute atomic E-state index is 13.0. The number of carbonyl (C=O) groups is 2. The highest BCUT2D eigenvalue weighted by Gasteiger charge is 2.54. The predicted octanol–water partition coefficient (Wildman–Crippen LogP) is 8.71. The van der Waals surface area contributed by atoms with Crippen LogP contribution in [0.5, 0.6) is 0 Å². The van der Waals surface area contributed by atoms with Crippen molar-refractivity contribution >= 4 is 27.6 Å². The van der Waals surface area contributed by atoms with Gasteiger partial charge >= 0.3 is 27.6 Å². The minimum atomic E-state index is -5.39. The Bertz CT molecular complexity index is 1830. The summed E-state index contributed by atoms with van der Waals surface area (Å²) in [5, 5.41) is 41.3. The second-order valence-corrected chi connectivity index (χ2v) is 19.4. The van der Waals surface area contributed by atoms with Crippen LogP contribution in [-0.4, -0.2) is 115 Å². The molecule has 1 saturated heterocycles. The minimum absolute atomic E-state index is 0.0262. The van der Waals surface area contributed by atoms with Gasteiger partial charge in [-0.25, -0.2) is 9.13 Å². The van der Waals surface area contributed by atoms with Crippen molar-refractivity contribution in [3.05, 3.63) is 109 Å². The van der Waals surface area contributed by atoms with E-state index in [2.05, 4.69) is 85.2 Å². The Labute approximate surface area is 414 Å². The van der Waals surface area contributed by atoms with E-state index in [1.54, 1.807) is 0 Å². The summed E-state index contributed by atoms with van der Waals surface area (Å²) < 4.78 is 54.9. The van der Waals surface area contributed by atoms with Crippen LogP contribution in [0.25, 0.3) is 0 Å². The molecule has 0 radical (unpaired) electrons. The highest BCUT2D eigenvalue weighted by molar-refractivity contribution is 7.47. The molecule has 10 atom stereocenters. The van der Waals surface area contributed by atoms with Crippen LogP contribution in [0.4, 0.5) is 0 Å². The molecular weight excluding hydrogens is 946 g/mol. The molecule has 2 rings (SSSR count). The van der Waals surface area contributed by atoms with Crippen molar-refractivity contribution in [2.24, 2.45) is 0 Å². The van der Waals surface area contributed by atoms with Gasteiger partial charge in [-0.05, 0) is 89.9 Å². The maximum atomic E-state index is 13.0. The topological polar surface area (TPSA) is 269 Å². The summed E-state index contributed by atoms with van der Waals surface area (Å²) in [6.45, 7) is 2.84. The Morgan fingerprint density at radius 2 is 1.00 bits per heavy atom. The maximum Gasteiger partial charge on any atom is 0.472 e. The molecule has 0 amide bonds. The third-order valence-corrected chi connectivity index (χ3v) is 12.2. The summed E-state index contributed by atoms with van der Waals surface area (Å²) in [5.41, 5.74) is 0. The van der Waals surface area contributed by atoms with Crippen molar-refractivity contribution in [2.45, 2.75) is 184 Å². The highest BCUT2D eigenvalue weighted by atomic mass is 31.2. The molecule has 1 heterocycles. The zero-order valence-electron chi connectivity index (χ0n) is 40.8. The number of phosphoric ester groups is 2. The van der Waals surface area contributed by atoms with Crippen LogP contribution in [0.15, 0.2) is 109 Å². The van der Waals surface area contributed by atoms with Gasteiger partial charge in [0.05, 0.1) is 18.8 Å². The summed E-state index contributed by atoms with van der Waals surface area (Å²) in [4.78, 5) is 54.3. The number of aliphatic hydroxyl groups excluding tert-OH is 4. The largest absolute Gasteiger partial charge is 0.472 e. The van der Waals surface area contributed by atoms with Crippen LogP contribution in [0.2, 0.25) is 0 Å². The lowest BCUT2D eigenvalue weighted by atomic mass is 9.85. The van der Waals surface area contributed by atoms with Crippen molar-refractivity contribution in [2.75, 3.05) is 13.2 Å². The quantitative estimate of drug-likeness (QED) is 0.0100. The van der Waals surface area contributed by atoms with Gasteiger partial charge < -0.3 is 49.3 Å². The monoisotopic (exact) mass is 1030 g/mol. The standard InChI is InChI=1S/C51H80O17P2/c1-3-5-7-8-9-10-11-12-13-14-15-16-21-24-27-30-34-38-45(53)65-41(40-64-70(61,62)68-51-48(56)46(54)47(55)50(49(51)57)67-69(58,59)60)39-63-44(52)37-33-29-26-23-20-18-17-19-22-25-28-32-36-43-42(66-43)35-31-6-4-2/h6,9-10,12-13,15-16,18-20,22,24,26-29,31-32,41-43,46-51,54-57H,3-5,7-8,11,14,17,21,23,25,30,33-40H2,1-2H3,(H,61,62)(H2,58,59,60)/b10-9-,13-12-,16-15-,20-18-,22-19-,27-24-,29-26-,31-6-,32-28-/t41-,42?,43?,46?,47?,48?,49?,50-,51+/m1/s1. The van der Waals surface area contributed by atoms with E-state index in [1.807, 2.05) is 42.5 Å². The zero-order chi connectivity index (χ0) is 51.5. The van der Waals surface area contributed by atoms with Gasteiger partial charge in [0.2, 0.25) is 0 Å². The molecule has 2 aliphatic rings. The van der Waals surface area contributed by atoms with Crippen LogP contribution in [-0.2, 0) is 46.5 Å². The third kappa shape index (κ3) is 30.5. The average molecular weight is 1030 g/mol. The summed E-state index contributed by atoms with van der Waals surface area (Å²) in [6.07, 6.45) is 36.7. The second-order valence-electron chi connectivity index (χ2n) is 16.8. The van der Waals surface area contributed by atoms with Gasteiger partial charge in [0, 0.05) is 12.8 Å². The number of epoxide rings is 1. The third-order valence-electron chi connectivity index (χ3n) is 10.7. The van der Waals surface area contributed by atoms with Gasteiger partial charge in [0.15, 0.2) is 6.10 Å². The molecule has 7 unspecified atom stereocenters. The lowest BCUT2D eigenvalue weighted by Crippen LogP contribution is -2.64. The van der Waals surface area contributed by atoms with E-state index in [0.29, 0.717) is 37.9 Å². The molecule has 1 saturated carbocycles. The molecular formula is C51H80O17P2. The Morgan fingerprint density at radius 3 is 1.51 bits per heavy atom. The van der Waals surface area contributed by atoms with Crippen molar-refractivity contribution < 1.29 is 81.6 Å². The fourth-order valence-electron chi connectivity index (χ4n) is 6.85. The molecule has 17 nitrogen and oxygen atoms in total. The van der Waals surface area contributed by atoms with E-state index in [0.717, 1.165) is 57.8 Å². The summed E-state index contributed by atoms with van der Waals surface area (Å²) in [5.74, 6) is -1.39. The first kappa shape index (κ1) is 62.7. The number of hydrogen-bond acceptors (Lipinski definition) is 14. The number of ether oxygens (including phenoxy) is 3. The Balaban J connectivity index is 1.83. The first-order chi connectivity index (χ1) is 33.6. The minimum Gasteiger partial charge on any atom is -0.462 e. The lowest BCUT2D eigenvalue weighted by molar-refractivity contribution is -0.216. The van der Waals surface area contributed by atoms with Crippen LogP contribution in [0, 0.1) is 0 Å². The van der Waals surface area contributed by atoms with Gasteiger partial charge in [-0.2, -0.15) is 0 Å². The molecule has 0 spiro atoms. The van der Waals surface area contributed by atoms with Crippen LogP contribution in [0.3, 0.4) is 0 Å². The molecule has 19 heteroatoms. The fraction of sp³-hybridized carbons (Fsp3) is 0.608. The van der Waals surface area contributed by atoms with Gasteiger partial charge in [0.25, 0.3) is 0 Å². The molecule has 0 aromatic heterocycles. The highest BCUT2D eigenvalue weighted by Crippen LogP contribution is 2.49. The van der Waals surface area contributed by atoms with Crippen LogP contribution >= 0.6 is 15.6 Å². The Morgan fingerprint density at radius 1 is 0.529 bits per heavy atom. The average Bonchev–Trinajstić information content (AvgIpc) is 4.07. The number of aliphatic hydroxyl groups is 4. The number of phosphoric acid groups is 2. The smallest absolute Gasteiger partial charge is 0.462 e. The van der Waals surface area contributed by atoms with E-state index >= 15 is 0 Å². The van der Waals surface area contributed by atoms with Crippen molar-refractivity contribution in [1.82, 2.24) is 0 Å². The fourth-order valence-corrected chi connectivity index (χ4v) is 8.39. The van der Waals surface area contributed by atoms with Crippen molar-refractivity contribution in [3.8, 4) is 0 Å². The normalized spacial score (nSPS) is 24.8. The van der Waals surface area contributed by atoms with Gasteiger partial charge in [0.1, 0.15) is 43.2 Å². The first-order valence-corrected chi connectivity index (χ1v) is 27.6. The molecule has 0 aromatic rings. The van der Waals surface area contributed by atoms with E-state index in [4.69, 9.17) is 23.3 Å². The van der Waals surface area contributed by atoms with E-state index in [-0.39, 0.29) is 12.8 Å². The van der Waals surface area contributed by atoms with Crippen LogP contribution in [0.1, 0.15) is 129 Å². The summed E-state index contributed by atoms with van der Waals surface area (Å²) >= 11 is 0. The number of hydrogen-bond donors (Lipinski definition) is 7. The number of unbranched alkanes of at least 4 members (excludes halogenated alkanes) is 4. The predicted molar refractivity (Wildman–Crippen MR) is 268 cm³/mol. The molecule has 1 aliphatic carbocycles. The molecule has 2 fully saturated rings. The second kappa shape index (κ2) is 37.4. The van der Waals surface area contributed by atoms with E-state index in [1.165, 1.54) is 19.3 Å². The SMILES string of the molecule is CC/C=C\CC1OC1C/C=C\C/C=C\C/C=C\C/C=C\CCC(=O)OC[C@H](COP(=O)(O)O[C@H]1C(O)C(O)C(O)[C@@H](OP(=O)(O)O)C1O)OC(=O)CCC/C=C\C/C=C\C/C=C\C/C=C\CCCCC. The van der Waals surface area contributed by atoms with Crippen LogP contribution < -0.4 is 0 Å². The molecule has 396 valence electrons. The van der Waals surface area contributed by atoms with E-state index in [9.17, 15) is 53.8 Å². The van der Waals surface area contributed by atoms with Gasteiger partial charge in [-0.1, -0.05) is 136 Å². The summed E-state index contributed by atoms with van der Waals surface area (Å²) in [6, 6.07) is 0. The number of esters is 2. The zero-order valence-corrected chi connectivity index (χ0v) is 42.6. The first-order valence-electron chi connectivity index (χ1n) is 24.6. The molecule has 70 heavy (non-hydrogen) atoms. The van der Waals surface area contributed by atoms with E-state index < -0.39 is 83.5 Å². The van der Waals surface area contributed by atoms with Gasteiger partial charge in [-0.3, -0.25) is 23.2 Å². The summed E-state index contributed by atoms with van der Waals surface area (Å²) in [7, 11) is -10.7. The lowest BCUT2D eigenvalue weighted by Gasteiger charge is -2.43. The Kier molecular flexibility index (Phi) is 33.5. The molecule has 7 N–H and O–H groups in total. The molecule has 0 aromatic carbocycles. The number of rotatable bonds is 38.